The van der Waals surface area contributed by atoms with E-state index < -0.39 is 0 Å². The van der Waals surface area contributed by atoms with Gasteiger partial charge in [0.25, 0.3) is 11.8 Å². The van der Waals surface area contributed by atoms with Crippen LogP contribution in [0.25, 0.3) is 0 Å². The standard InChI is InChI=1S/C33H36N4O6/c1-20-10-22-16-34-26-14-30(28(40-3)12-24(26)32(38)36(22)18-20)42-8-6-5-7-9-43-31-15-27-25(13-29(31)41-4)33(39)37-19-21(2)11-23(37)17-35-27/h12-17,22-23H,1-2,5-11,18-19H2,3-4H3/t22-,23-/m0/s1. The van der Waals surface area contributed by atoms with Crippen LogP contribution in [0.4, 0.5) is 11.4 Å². The molecule has 224 valence electrons. The van der Waals surface area contributed by atoms with E-state index in [1.807, 2.05) is 12.4 Å². The number of rotatable bonds is 10. The highest BCUT2D eigenvalue weighted by Gasteiger charge is 2.35. The molecule has 4 aliphatic rings. The predicted molar refractivity (Wildman–Crippen MR) is 164 cm³/mol. The van der Waals surface area contributed by atoms with Crippen molar-refractivity contribution in [1.82, 2.24) is 9.80 Å². The van der Waals surface area contributed by atoms with E-state index in [1.165, 1.54) is 0 Å². The molecule has 0 saturated carbocycles. The first-order valence-corrected chi connectivity index (χ1v) is 14.6. The number of amides is 2. The van der Waals surface area contributed by atoms with E-state index in [4.69, 9.17) is 18.9 Å². The summed E-state index contributed by atoms with van der Waals surface area (Å²) in [5.74, 6) is 1.98. The minimum atomic E-state index is -0.0721. The van der Waals surface area contributed by atoms with Crippen molar-refractivity contribution >= 4 is 35.6 Å². The summed E-state index contributed by atoms with van der Waals surface area (Å²) in [7, 11) is 3.13. The Labute approximate surface area is 251 Å². The number of unbranched alkanes of at least 4 members (excludes halogenated alkanes) is 2. The maximum absolute atomic E-state index is 13.2. The van der Waals surface area contributed by atoms with Crippen molar-refractivity contribution < 1.29 is 28.5 Å². The fourth-order valence-electron chi connectivity index (χ4n) is 5.96. The third-order valence-corrected chi connectivity index (χ3v) is 8.21. The number of nitrogens with zero attached hydrogens (tertiary/aromatic N) is 4. The minimum absolute atomic E-state index is 0.0652. The van der Waals surface area contributed by atoms with Crippen LogP contribution in [-0.4, -0.2) is 86.6 Å². The van der Waals surface area contributed by atoms with Gasteiger partial charge in [-0.1, -0.05) is 24.3 Å². The average Bonchev–Trinajstić information content (AvgIpc) is 3.51. The number of hydrogen-bond acceptors (Lipinski definition) is 8. The summed E-state index contributed by atoms with van der Waals surface area (Å²) in [6.45, 7) is 10.1. The predicted octanol–water partition coefficient (Wildman–Crippen LogP) is 5.31. The summed E-state index contributed by atoms with van der Waals surface area (Å²) in [6, 6.07) is 6.86. The number of methoxy groups -OCH3 is 2. The quantitative estimate of drug-likeness (QED) is 0.277. The molecule has 10 nitrogen and oxygen atoms in total. The van der Waals surface area contributed by atoms with E-state index in [0.29, 0.717) is 71.8 Å². The van der Waals surface area contributed by atoms with Gasteiger partial charge in [-0.2, -0.15) is 0 Å². The fourth-order valence-corrected chi connectivity index (χ4v) is 5.96. The Morgan fingerprint density at radius 1 is 0.698 bits per heavy atom. The van der Waals surface area contributed by atoms with Crippen LogP contribution in [0.5, 0.6) is 23.0 Å². The van der Waals surface area contributed by atoms with E-state index in [9.17, 15) is 9.59 Å². The minimum Gasteiger partial charge on any atom is -0.493 e. The maximum Gasteiger partial charge on any atom is 0.257 e. The van der Waals surface area contributed by atoms with Crippen LogP contribution in [0.1, 0.15) is 52.8 Å². The molecule has 2 fully saturated rings. The lowest BCUT2D eigenvalue weighted by Crippen LogP contribution is -2.35. The molecule has 2 atom stereocenters. The molecular formula is C33H36N4O6. The second-order valence-electron chi connectivity index (χ2n) is 11.3. The van der Waals surface area contributed by atoms with Crippen molar-refractivity contribution in [2.24, 2.45) is 9.98 Å². The summed E-state index contributed by atoms with van der Waals surface area (Å²) in [4.78, 5) is 39.1. The molecule has 0 bridgehead atoms. The molecule has 2 amide bonds. The van der Waals surface area contributed by atoms with Crippen molar-refractivity contribution in [2.45, 2.75) is 44.2 Å². The van der Waals surface area contributed by atoms with Gasteiger partial charge in [0.1, 0.15) is 0 Å². The molecule has 0 spiro atoms. The molecule has 43 heavy (non-hydrogen) atoms. The molecule has 2 saturated heterocycles. The van der Waals surface area contributed by atoms with Gasteiger partial charge in [-0.15, -0.1) is 0 Å². The number of fused-ring (bicyclic) bond motifs is 4. The molecule has 10 heteroatoms. The second-order valence-corrected chi connectivity index (χ2v) is 11.3. The zero-order chi connectivity index (χ0) is 30.1. The average molecular weight is 585 g/mol. The third-order valence-electron chi connectivity index (χ3n) is 8.21. The summed E-state index contributed by atoms with van der Waals surface area (Å²) in [6.07, 6.45) is 7.57. The first-order valence-electron chi connectivity index (χ1n) is 14.6. The van der Waals surface area contributed by atoms with Crippen molar-refractivity contribution in [1.29, 1.82) is 0 Å². The molecule has 0 aromatic heterocycles. The maximum atomic E-state index is 13.2. The lowest BCUT2D eigenvalue weighted by molar-refractivity contribution is 0.0769. The van der Waals surface area contributed by atoms with Crippen molar-refractivity contribution in [2.75, 3.05) is 40.5 Å². The molecule has 2 aromatic carbocycles. The van der Waals surface area contributed by atoms with E-state index in [0.717, 1.165) is 43.3 Å². The van der Waals surface area contributed by atoms with Crippen LogP contribution >= 0.6 is 0 Å². The molecule has 6 rings (SSSR count). The first kappa shape index (κ1) is 28.5. The van der Waals surface area contributed by atoms with E-state index in [-0.39, 0.29) is 23.9 Å². The summed E-state index contributed by atoms with van der Waals surface area (Å²) >= 11 is 0. The lowest BCUT2D eigenvalue weighted by atomic mass is 10.1. The molecule has 0 N–H and O–H groups in total. The number of hydrogen-bond donors (Lipinski definition) is 0. The first-order chi connectivity index (χ1) is 20.9. The Kier molecular flexibility index (Phi) is 7.92. The molecule has 4 heterocycles. The van der Waals surface area contributed by atoms with Crippen LogP contribution < -0.4 is 18.9 Å². The van der Waals surface area contributed by atoms with Gasteiger partial charge in [-0.25, -0.2) is 0 Å². The smallest absolute Gasteiger partial charge is 0.257 e. The highest BCUT2D eigenvalue weighted by molar-refractivity contribution is 6.04. The zero-order valence-electron chi connectivity index (χ0n) is 24.6. The van der Waals surface area contributed by atoms with Gasteiger partial charge in [0.05, 0.1) is 62.0 Å². The van der Waals surface area contributed by atoms with Crippen molar-refractivity contribution in [3.8, 4) is 23.0 Å². The van der Waals surface area contributed by atoms with Gasteiger partial charge >= 0.3 is 0 Å². The Bertz CT molecular complexity index is 1430. The SMILES string of the molecule is C=C1C[C@H]2C=Nc3cc(OCCCCCOc4cc5c(cc4OC)C(=O)N4CC(=C)C[C@H]4C=N5)c(OC)cc3C(=O)N2C1. The number of ether oxygens (including phenoxy) is 4. The fraction of sp³-hybridized carbons (Fsp3) is 0.394. The Balaban J connectivity index is 1.02. The Hall–Kier alpha value is -4.60. The van der Waals surface area contributed by atoms with E-state index in [1.54, 1.807) is 48.3 Å². The zero-order valence-corrected chi connectivity index (χ0v) is 24.6. The Morgan fingerprint density at radius 2 is 1.14 bits per heavy atom. The second kappa shape index (κ2) is 11.9. The molecule has 0 unspecified atom stereocenters. The van der Waals surface area contributed by atoms with Gasteiger partial charge in [0, 0.05) is 37.7 Å². The largest absolute Gasteiger partial charge is 0.493 e. The highest BCUT2D eigenvalue weighted by atomic mass is 16.5. The van der Waals surface area contributed by atoms with Crippen molar-refractivity contribution in [3.63, 3.8) is 0 Å². The van der Waals surface area contributed by atoms with Gasteiger partial charge < -0.3 is 28.7 Å². The number of carbonyl (C=O) groups is 2. The van der Waals surface area contributed by atoms with Gasteiger partial charge in [-0.05, 0) is 44.2 Å². The van der Waals surface area contributed by atoms with Gasteiger partial charge in [0.15, 0.2) is 23.0 Å². The summed E-state index contributed by atoms with van der Waals surface area (Å²) < 4.78 is 23.2. The van der Waals surface area contributed by atoms with Crippen molar-refractivity contribution in [3.05, 3.63) is 59.7 Å². The molecule has 2 aromatic rings. The van der Waals surface area contributed by atoms with Gasteiger partial charge in [0.2, 0.25) is 0 Å². The Morgan fingerprint density at radius 3 is 1.56 bits per heavy atom. The third kappa shape index (κ3) is 5.61. The molecule has 0 radical (unpaired) electrons. The summed E-state index contributed by atoms with van der Waals surface area (Å²) in [5, 5.41) is 0. The lowest BCUT2D eigenvalue weighted by Gasteiger charge is -2.20. The number of benzene rings is 2. The van der Waals surface area contributed by atoms with Crippen LogP contribution in [0.3, 0.4) is 0 Å². The molecular weight excluding hydrogens is 548 g/mol. The molecule has 0 aliphatic carbocycles. The van der Waals surface area contributed by atoms with E-state index >= 15 is 0 Å². The topological polar surface area (TPSA) is 102 Å². The summed E-state index contributed by atoms with van der Waals surface area (Å²) in [5.41, 5.74) is 4.23. The monoisotopic (exact) mass is 584 g/mol. The van der Waals surface area contributed by atoms with Gasteiger partial charge in [-0.3, -0.25) is 19.6 Å². The van der Waals surface area contributed by atoms with Crippen LogP contribution in [-0.2, 0) is 0 Å². The molecule has 4 aliphatic heterocycles. The normalized spacial score (nSPS) is 20.3. The van der Waals surface area contributed by atoms with Crippen LogP contribution in [0.15, 0.2) is 58.6 Å². The number of carbonyl (C=O) groups excluding carboxylic acids is 2. The number of aliphatic imine (C=N–C) groups is 2. The van der Waals surface area contributed by atoms with Crippen LogP contribution in [0, 0.1) is 0 Å². The van der Waals surface area contributed by atoms with E-state index in [2.05, 4.69) is 23.1 Å². The van der Waals surface area contributed by atoms with Crippen LogP contribution in [0.2, 0.25) is 0 Å². The highest BCUT2D eigenvalue weighted by Crippen LogP contribution is 2.40.